The average molecular weight is 251 g/mol. The van der Waals surface area contributed by atoms with E-state index < -0.39 is 16.7 Å². The van der Waals surface area contributed by atoms with Crippen LogP contribution in [0.3, 0.4) is 0 Å². The van der Waals surface area contributed by atoms with Gasteiger partial charge in [-0.15, -0.1) is 0 Å². The molecule has 0 spiro atoms. The maximum absolute atomic E-state index is 9.42. The molecule has 0 heterocycles. The Morgan fingerprint density at radius 1 is 0.737 bits per heavy atom. The van der Waals surface area contributed by atoms with Crippen LogP contribution in [0.2, 0.25) is 0 Å². The van der Waals surface area contributed by atoms with Crippen LogP contribution in [-0.2, 0) is 0 Å². The number of nitrogens with zero attached hydrogens (tertiary/aromatic N) is 5. The lowest BCUT2D eigenvalue weighted by Gasteiger charge is -2.33. The summed E-state index contributed by atoms with van der Waals surface area (Å²) >= 11 is 0. The van der Waals surface area contributed by atoms with Crippen LogP contribution >= 0.6 is 0 Å². The maximum Gasteiger partial charge on any atom is 0.190 e. The van der Waals surface area contributed by atoms with Crippen LogP contribution in [0.25, 0.3) is 0 Å². The molecule has 94 valence electrons. The zero-order valence-electron chi connectivity index (χ0n) is 10.6. The van der Waals surface area contributed by atoms with Crippen molar-refractivity contribution in [2.24, 2.45) is 16.7 Å². The molecular formula is C14H13N5. The van der Waals surface area contributed by atoms with Crippen LogP contribution in [-0.4, -0.2) is 0 Å². The van der Waals surface area contributed by atoms with E-state index >= 15 is 0 Å². The summed E-state index contributed by atoms with van der Waals surface area (Å²) in [7, 11) is 0. The fraction of sp³-hybridized carbons (Fsp3) is 0.643. The quantitative estimate of drug-likeness (QED) is 0.655. The third kappa shape index (κ3) is 2.10. The standard InChI is InChI=1S/C14H13N5/c15-7-12-5-3-1-2-4-6-13(8-16,9-17)14(12,10-18)11-19/h12H,1-6H2. The van der Waals surface area contributed by atoms with Gasteiger partial charge in [-0.2, -0.15) is 26.3 Å². The molecule has 1 fully saturated rings. The molecule has 1 atom stereocenters. The highest BCUT2D eigenvalue weighted by atomic mass is 14.6. The largest absolute Gasteiger partial charge is 0.198 e. The number of hydrogen-bond donors (Lipinski definition) is 0. The molecule has 0 bridgehead atoms. The summed E-state index contributed by atoms with van der Waals surface area (Å²) in [4.78, 5) is 0. The Labute approximate surface area is 112 Å². The molecule has 19 heavy (non-hydrogen) atoms. The monoisotopic (exact) mass is 251 g/mol. The van der Waals surface area contributed by atoms with Crippen LogP contribution in [0.15, 0.2) is 0 Å². The van der Waals surface area contributed by atoms with Gasteiger partial charge in [-0.3, -0.25) is 0 Å². The van der Waals surface area contributed by atoms with Gasteiger partial charge in [0.15, 0.2) is 10.8 Å². The Hall–Kier alpha value is -2.55. The van der Waals surface area contributed by atoms with Crippen molar-refractivity contribution in [2.75, 3.05) is 0 Å². The lowest BCUT2D eigenvalue weighted by molar-refractivity contribution is 0.210. The molecule has 0 saturated heterocycles. The lowest BCUT2D eigenvalue weighted by atomic mass is 9.58. The molecule has 1 saturated carbocycles. The highest BCUT2D eigenvalue weighted by molar-refractivity contribution is 5.37. The highest BCUT2D eigenvalue weighted by Crippen LogP contribution is 2.49. The second-order valence-corrected chi connectivity index (χ2v) is 4.80. The van der Waals surface area contributed by atoms with E-state index in [0.29, 0.717) is 12.8 Å². The molecule has 0 N–H and O–H groups in total. The normalized spacial score (nSPS) is 24.7. The average Bonchev–Trinajstić information content (AvgIpc) is 2.54. The Bertz CT molecular complexity index is 515. The van der Waals surface area contributed by atoms with Crippen molar-refractivity contribution >= 4 is 0 Å². The summed E-state index contributed by atoms with van der Waals surface area (Å²) in [6.45, 7) is 0. The summed E-state index contributed by atoms with van der Waals surface area (Å²) in [5, 5.41) is 46.9. The van der Waals surface area contributed by atoms with E-state index in [1.807, 2.05) is 30.3 Å². The van der Waals surface area contributed by atoms with E-state index in [2.05, 4.69) is 0 Å². The maximum atomic E-state index is 9.42. The zero-order chi connectivity index (χ0) is 14.4. The van der Waals surface area contributed by atoms with Gasteiger partial charge >= 0.3 is 0 Å². The van der Waals surface area contributed by atoms with Crippen LogP contribution in [0, 0.1) is 73.4 Å². The van der Waals surface area contributed by atoms with Gasteiger partial charge in [0.1, 0.15) is 0 Å². The van der Waals surface area contributed by atoms with E-state index in [9.17, 15) is 26.3 Å². The molecule has 0 aromatic heterocycles. The SMILES string of the molecule is N#CC1CCCCCCC(C#N)(C#N)C1(C#N)C#N. The molecule has 0 aromatic carbocycles. The minimum Gasteiger partial charge on any atom is -0.198 e. The highest BCUT2D eigenvalue weighted by Gasteiger charge is 2.59. The first-order chi connectivity index (χ1) is 9.16. The van der Waals surface area contributed by atoms with E-state index in [1.165, 1.54) is 0 Å². The Morgan fingerprint density at radius 3 is 1.79 bits per heavy atom. The topological polar surface area (TPSA) is 119 Å². The molecule has 1 unspecified atom stereocenters. The minimum atomic E-state index is -1.87. The molecule has 1 aliphatic carbocycles. The Kier molecular flexibility index (Phi) is 4.48. The summed E-state index contributed by atoms with van der Waals surface area (Å²) in [6.07, 6.45) is 3.62. The van der Waals surface area contributed by atoms with Crippen molar-refractivity contribution in [3.8, 4) is 30.3 Å². The van der Waals surface area contributed by atoms with Crippen molar-refractivity contribution < 1.29 is 0 Å². The van der Waals surface area contributed by atoms with Crippen LogP contribution in [0.4, 0.5) is 0 Å². The van der Waals surface area contributed by atoms with Crippen molar-refractivity contribution in [1.82, 2.24) is 0 Å². The Morgan fingerprint density at radius 2 is 1.32 bits per heavy atom. The fourth-order valence-electron chi connectivity index (χ4n) is 2.65. The first kappa shape index (κ1) is 14.5. The molecule has 1 aliphatic rings. The second-order valence-electron chi connectivity index (χ2n) is 4.80. The van der Waals surface area contributed by atoms with Gasteiger partial charge in [0, 0.05) is 0 Å². The summed E-state index contributed by atoms with van der Waals surface area (Å²) in [5.74, 6) is -0.903. The van der Waals surface area contributed by atoms with E-state index in [0.717, 1.165) is 19.3 Å². The van der Waals surface area contributed by atoms with Gasteiger partial charge in [0.25, 0.3) is 0 Å². The molecule has 5 nitrogen and oxygen atoms in total. The molecule has 0 radical (unpaired) electrons. The third-order valence-electron chi connectivity index (χ3n) is 3.88. The van der Waals surface area contributed by atoms with Crippen LogP contribution in [0.5, 0.6) is 0 Å². The zero-order valence-corrected chi connectivity index (χ0v) is 10.6. The van der Waals surface area contributed by atoms with E-state index in [4.69, 9.17) is 0 Å². The van der Waals surface area contributed by atoms with Crippen molar-refractivity contribution in [3.63, 3.8) is 0 Å². The predicted octanol–water partition coefficient (Wildman–Crippen LogP) is 2.55. The number of rotatable bonds is 0. The molecular weight excluding hydrogens is 238 g/mol. The Balaban J connectivity index is 3.51. The number of nitriles is 5. The van der Waals surface area contributed by atoms with E-state index in [-0.39, 0.29) is 6.42 Å². The van der Waals surface area contributed by atoms with Gasteiger partial charge in [-0.25, -0.2) is 0 Å². The molecule has 0 aliphatic heterocycles. The van der Waals surface area contributed by atoms with Gasteiger partial charge in [0.05, 0.1) is 36.3 Å². The summed E-state index contributed by atoms with van der Waals surface area (Å²) in [6, 6.07) is 9.35. The first-order valence-electron chi connectivity index (χ1n) is 6.21. The van der Waals surface area contributed by atoms with E-state index in [1.54, 1.807) is 0 Å². The molecule has 0 aromatic rings. The molecule has 0 amide bonds. The van der Waals surface area contributed by atoms with Crippen molar-refractivity contribution in [1.29, 1.82) is 26.3 Å². The molecule has 5 heteroatoms. The van der Waals surface area contributed by atoms with Gasteiger partial charge in [0.2, 0.25) is 0 Å². The van der Waals surface area contributed by atoms with Crippen LogP contribution < -0.4 is 0 Å². The van der Waals surface area contributed by atoms with Gasteiger partial charge in [-0.05, 0) is 12.8 Å². The first-order valence-corrected chi connectivity index (χ1v) is 6.21. The van der Waals surface area contributed by atoms with Gasteiger partial charge in [-0.1, -0.05) is 25.7 Å². The lowest BCUT2D eigenvalue weighted by Crippen LogP contribution is -2.43. The predicted molar refractivity (Wildman–Crippen MR) is 64.1 cm³/mol. The minimum absolute atomic E-state index is 0.166. The summed E-state index contributed by atoms with van der Waals surface area (Å²) in [5.41, 5.74) is -3.59. The fourth-order valence-corrected chi connectivity index (χ4v) is 2.65. The smallest absolute Gasteiger partial charge is 0.190 e. The van der Waals surface area contributed by atoms with Crippen molar-refractivity contribution in [3.05, 3.63) is 0 Å². The number of hydrogen-bond acceptors (Lipinski definition) is 5. The van der Waals surface area contributed by atoms with Crippen LogP contribution in [0.1, 0.15) is 38.5 Å². The second kappa shape index (κ2) is 5.87. The van der Waals surface area contributed by atoms with Crippen molar-refractivity contribution in [2.45, 2.75) is 38.5 Å². The van der Waals surface area contributed by atoms with Gasteiger partial charge < -0.3 is 0 Å². The summed E-state index contributed by atoms with van der Waals surface area (Å²) < 4.78 is 0. The molecule has 1 rings (SSSR count). The third-order valence-corrected chi connectivity index (χ3v) is 3.88.